The van der Waals surface area contributed by atoms with E-state index in [1.165, 1.54) is 33.4 Å². The topological polar surface area (TPSA) is 17.8 Å². The third kappa shape index (κ3) is 3.37. The molecule has 23 heavy (non-hydrogen) atoms. The van der Waals surface area contributed by atoms with Gasteiger partial charge in [0.2, 0.25) is 0 Å². The first-order valence-corrected chi connectivity index (χ1v) is 8.15. The molecule has 3 aromatic rings. The van der Waals surface area contributed by atoms with Gasteiger partial charge < -0.3 is 4.57 Å². The summed E-state index contributed by atoms with van der Waals surface area (Å²) < 4.78 is 2.18. The van der Waals surface area contributed by atoms with E-state index in [1.807, 2.05) is 6.33 Å². The van der Waals surface area contributed by atoms with Crippen molar-refractivity contribution in [3.05, 3.63) is 88.0 Å². The van der Waals surface area contributed by atoms with E-state index in [2.05, 4.69) is 79.8 Å². The van der Waals surface area contributed by atoms with Crippen LogP contribution in [0.25, 0.3) is 0 Å². The molecule has 2 aromatic carbocycles. The zero-order valence-corrected chi connectivity index (χ0v) is 14.4. The van der Waals surface area contributed by atoms with Gasteiger partial charge in [-0.3, -0.25) is 0 Å². The van der Waals surface area contributed by atoms with Crippen molar-refractivity contribution in [2.24, 2.45) is 0 Å². The third-order valence-electron chi connectivity index (χ3n) is 4.84. The molecule has 0 N–H and O–H groups in total. The minimum absolute atomic E-state index is 0.882. The van der Waals surface area contributed by atoms with Crippen molar-refractivity contribution in [3.63, 3.8) is 0 Å². The summed E-state index contributed by atoms with van der Waals surface area (Å²) in [6, 6.07) is 13.0. The number of nitrogens with zero attached hydrogens (tertiary/aromatic N) is 2. The summed E-state index contributed by atoms with van der Waals surface area (Å²) in [6.45, 7) is 9.60. The third-order valence-corrected chi connectivity index (χ3v) is 4.84. The summed E-state index contributed by atoms with van der Waals surface area (Å²) in [4.78, 5) is 4.59. The number of benzene rings is 2. The van der Waals surface area contributed by atoms with Crippen LogP contribution in [0.5, 0.6) is 0 Å². The molecule has 0 spiro atoms. The number of hydrogen-bond acceptors (Lipinski definition) is 1. The van der Waals surface area contributed by atoms with Gasteiger partial charge in [0.05, 0.1) is 12.0 Å². The summed E-state index contributed by atoms with van der Waals surface area (Å²) in [5, 5.41) is 0. The molecule has 0 radical (unpaired) electrons. The van der Waals surface area contributed by atoms with Gasteiger partial charge in [-0.05, 0) is 61.1 Å². The predicted octanol–water partition coefficient (Wildman–Crippen LogP) is 4.76. The van der Waals surface area contributed by atoms with Crippen molar-refractivity contribution in [1.82, 2.24) is 9.55 Å². The molecule has 0 unspecified atom stereocenters. The Morgan fingerprint density at radius 1 is 0.826 bits per heavy atom. The first-order valence-electron chi connectivity index (χ1n) is 8.15. The lowest BCUT2D eigenvalue weighted by atomic mass is 10.00. The molecule has 1 aromatic heterocycles. The largest absolute Gasteiger partial charge is 0.333 e. The first kappa shape index (κ1) is 15.5. The molecule has 0 saturated heterocycles. The summed E-state index contributed by atoms with van der Waals surface area (Å²) in [6.07, 6.45) is 5.01. The smallest absolute Gasteiger partial charge is 0.0952 e. The van der Waals surface area contributed by atoms with Crippen molar-refractivity contribution in [1.29, 1.82) is 0 Å². The standard InChI is InChI=1S/C21H24N2/c1-15-7-5-9-19(17(15)3)11-21-13-23(14-22-21)12-20-10-6-8-16(2)18(20)4/h5-10,13-14H,11-12H2,1-4H3. The van der Waals surface area contributed by atoms with E-state index in [1.54, 1.807) is 0 Å². The lowest BCUT2D eigenvalue weighted by molar-refractivity contribution is 0.790. The highest BCUT2D eigenvalue weighted by molar-refractivity contribution is 5.36. The average molecular weight is 304 g/mol. The van der Waals surface area contributed by atoms with Crippen LogP contribution >= 0.6 is 0 Å². The molecule has 0 atom stereocenters. The fourth-order valence-electron chi connectivity index (χ4n) is 2.96. The number of hydrogen-bond donors (Lipinski definition) is 0. The molecule has 3 rings (SSSR count). The van der Waals surface area contributed by atoms with E-state index in [-0.39, 0.29) is 0 Å². The second kappa shape index (κ2) is 6.41. The lowest BCUT2D eigenvalue weighted by Crippen LogP contribution is -2.00. The van der Waals surface area contributed by atoms with Crippen LogP contribution < -0.4 is 0 Å². The predicted molar refractivity (Wildman–Crippen MR) is 96.0 cm³/mol. The van der Waals surface area contributed by atoms with E-state index in [9.17, 15) is 0 Å². The van der Waals surface area contributed by atoms with E-state index in [0.29, 0.717) is 0 Å². The van der Waals surface area contributed by atoms with Crippen LogP contribution in [0.1, 0.15) is 39.1 Å². The summed E-state index contributed by atoms with van der Waals surface area (Å²) in [5.41, 5.74) is 9.29. The summed E-state index contributed by atoms with van der Waals surface area (Å²) >= 11 is 0. The van der Waals surface area contributed by atoms with Crippen LogP contribution in [0.3, 0.4) is 0 Å². The Hall–Kier alpha value is -2.35. The Balaban J connectivity index is 1.78. The monoisotopic (exact) mass is 304 g/mol. The van der Waals surface area contributed by atoms with Crippen molar-refractivity contribution in [3.8, 4) is 0 Å². The van der Waals surface area contributed by atoms with Crippen LogP contribution in [0.2, 0.25) is 0 Å². The Labute approximate surface area is 138 Å². The van der Waals surface area contributed by atoms with Gasteiger partial charge >= 0.3 is 0 Å². The quantitative estimate of drug-likeness (QED) is 0.680. The van der Waals surface area contributed by atoms with Gasteiger partial charge in [-0.15, -0.1) is 0 Å². The number of imidazole rings is 1. The number of aryl methyl sites for hydroxylation is 2. The molecule has 1 heterocycles. The average Bonchev–Trinajstić information content (AvgIpc) is 2.96. The molecule has 2 nitrogen and oxygen atoms in total. The lowest BCUT2D eigenvalue weighted by Gasteiger charge is -2.09. The van der Waals surface area contributed by atoms with Crippen LogP contribution in [0, 0.1) is 27.7 Å². The zero-order valence-electron chi connectivity index (χ0n) is 14.4. The highest BCUT2D eigenvalue weighted by atomic mass is 15.0. The van der Waals surface area contributed by atoms with Gasteiger partial charge in [0.25, 0.3) is 0 Å². The summed E-state index contributed by atoms with van der Waals surface area (Å²) in [5.74, 6) is 0. The maximum atomic E-state index is 4.59. The van der Waals surface area contributed by atoms with Crippen molar-refractivity contribution >= 4 is 0 Å². The maximum Gasteiger partial charge on any atom is 0.0952 e. The molecule has 0 aliphatic heterocycles. The zero-order chi connectivity index (χ0) is 16.4. The molecule has 0 amide bonds. The molecule has 0 aliphatic rings. The minimum Gasteiger partial charge on any atom is -0.333 e. The normalized spacial score (nSPS) is 11.0. The van der Waals surface area contributed by atoms with Gasteiger partial charge in [0.15, 0.2) is 0 Å². The Kier molecular flexibility index (Phi) is 4.33. The molecule has 0 saturated carbocycles. The SMILES string of the molecule is Cc1cccc(Cc2cn(Cc3cccc(C)c3C)cn2)c1C. The molecular formula is C21H24N2. The van der Waals surface area contributed by atoms with Crippen LogP contribution in [-0.2, 0) is 13.0 Å². The Bertz CT molecular complexity index is 760. The molecule has 0 aliphatic carbocycles. The Morgan fingerprint density at radius 2 is 1.43 bits per heavy atom. The highest BCUT2D eigenvalue weighted by Gasteiger charge is 2.06. The molecular weight excluding hydrogens is 280 g/mol. The van der Waals surface area contributed by atoms with Crippen LogP contribution in [-0.4, -0.2) is 9.55 Å². The van der Waals surface area contributed by atoms with E-state index < -0.39 is 0 Å². The van der Waals surface area contributed by atoms with Gasteiger partial charge in [0, 0.05) is 19.2 Å². The van der Waals surface area contributed by atoms with E-state index in [4.69, 9.17) is 0 Å². The number of rotatable bonds is 4. The fourth-order valence-corrected chi connectivity index (χ4v) is 2.96. The second-order valence-corrected chi connectivity index (χ2v) is 6.43. The molecule has 0 fully saturated rings. The highest BCUT2D eigenvalue weighted by Crippen LogP contribution is 2.17. The van der Waals surface area contributed by atoms with Gasteiger partial charge in [-0.1, -0.05) is 36.4 Å². The van der Waals surface area contributed by atoms with Gasteiger partial charge in [-0.25, -0.2) is 4.98 Å². The molecule has 0 bridgehead atoms. The van der Waals surface area contributed by atoms with Gasteiger partial charge in [0.1, 0.15) is 0 Å². The van der Waals surface area contributed by atoms with Crippen LogP contribution in [0.15, 0.2) is 48.9 Å². The van der Waals surface area contributed by atoms with E-state index >= 15 is 0 Å². The van der Waals surface area contributed by atoms with Crippen molar-refractivity contribution in [2.75, 3.05) is 0 Å². The number of aromatic nitrogens is 2. The van der Waals surface area contributed by atoms with E-state index in [0.717, 1.165) is 18.7 Å². The van der Waals surface area contributed by atoms with Crippen molar-refractivity contribution in [2.45, 2.75) is 40.7 Å². The fraction of sp³-hybridized carbons (Fsp3) is 0.286. The first-order chi connectivity index (χ1) is 11.0. The minimum atomic E-state index is 0.882. The summed E-state index contributed by atoms with van der Waals surface area (Å²) in [7, 11) is 0. The van der Waals surface area contributed by atoms with Gasteiger partial charge in [-0.2, -0.15) is 0 Å². The van der Waals surface area contributed by atoms with Crippen LogP contribution in [0.4, 0.5) is 0 Å². The molecule has 2 heteroatoms. The maximum absolute atomic E-state index is 4.59. The second-order valence-electron chi connectivity index (χ2n) is 6.43. The Morgan fingerprint density at radius 3 is 2.13 bits per heavy atom. The molecule has 118 valence electrons. The van der Waals surface area contributed by atoms with Crippen molar-refractivity contribution < 1.29 is 0 Å².